The van der Waals surface area contributed by atoms with Crippen molar-refractivity contribution in [2.45, 2.75) is 39.2 Å². The van der Waals surface area contributed by atoms with E-state index in [0.717, 1.165) is 0 Å². The summed E-state index contributed by atoms with van der Waals surface area (Å²) in [6, 6.07) is -0.830. The van der Waals surface area contributed by atoms with Gasteiger partial charge in [0.2, 0.25) is 5.91 Å². The zero-order valence-electron chi connectivity index (χ0n) is 9.60. The largest absolute Gasteiger partial charge is 0.480 e. The lowest BCUT2D eigenvalue weighted by atomic mass is 9.99. The number of aliphatic carboxylic acids is 1. The molecule has 0 aromatic carbocycles. The van der Waals surface area contributed by atoms with E-state index in [1.807, 2.05) is 13.8 Å². The molecule has 1 aliphatic rings. The number of amides is 1. The predicted molar refractivity (Wildman–Crippen MR) is 56.8 cm³/mol. The molecule has 0 aliphatic carbocycles. The third-order valence-corrected chi connectivity index (χ3v) is 2.61. The minimum Gasteiger partial charge on any atom is -0.480 e. The number of Topliss-reactive ketones (excluding diaryl/α,β-unsaturated/α-hetero) is 1. The van der Waals surface area contributed by atoms with Crippen molar-refractivity contribution in [2.75, 3.05) is 6.54 Å². The summed E-state index contributed by atoms with van der Waals surface area (Å²) in [5.41, 5.74) is 0. The Labute approximate surface area is 94.4 Å². The smallest absolute Gasteiger partial charge is 0.326 e. The first-order valence-corrected chi connectivity index (χ1v) is 5.45. The van der Waals surface area contributed by atoms with Gasteiger partial charge in [-0.05, 0) is 12.3 Å². The average Bonchev–Trinajstić information content (AvgIpc) is 2.15. The second-order valence-electron chi connectivity index (χ2n) is 4.55. The van der Waals surface area contributed by atoms with E-state index in [1.165, 1.54) is 4.90 Å². The molecule has 1 aliphatic heterocycles. The summed E-state index contributed by atoms with van der Waals surface area (Å²) in [5.74, 6) is -1.16. The van der Waals surface area contributed by atoms with Crippen LogP contribution in [0.2, 0.25) is 0 Å². The van der Waals surface area contributed by atoms with Crippen molar-refractivity contribution in [1.29, 1.82) is 0 Å². The van der Waals surface area contributed by atoms with Crippen LogP contribution in [0.5, 0.6) is 0 Å². The molecular formula is C11H17NO4. The molecule has 1 amide bonds. The van der Waals surface area contributed by atoms with Gasteiger partial charge >= 0.3 is 5.97 Å². The highest BCUT2D eigenvalue weighted by atomic mass is 16.4. The minimum atomic E-state index is -1.02. The molecule has 0 spiro atoms. The summed E-state index contributed by atoms with van der Waals surface area (Å²) in [6.45, 7) is 3.72. The maximum atomic E-state index is 11.8. The Morgan fingerprint density at radius 1 is 1.50 bits per heavy atom. The van der Waals surface area contributed by atoms with Gasteiger partial charge in [0, 0.05) is 12.8 Å². The molecule has 1 atom stereocenters. The lowest BCUT2D eigenvalue weighted by molar-refractivity contribution is -0.154. The standard InChI is InChI=1S/C11H17NO4/c1-7(2)5-10(14)12-6-8(13)3-4-9(12)11(15)16/h7,9H,3-6H2,1-2H3,(H,15,16). The Kier molecular flexibility index (Phi) is 4.04. The molecule has 1 rings (SSSR count). The number of ketones is 1. The number of carbonyl (C=O) groups excluding carboxylic acids is 2. The molecule has 5 nitrogen and oxygen atoms in total. The molecule has 0 aromatic heterocycles. The Hall–Kier alpha value is -1.39. The first kappa shape index (κ1) is 12.7. The summed E-state index contributed by atoms with van der Waals surface area (Å²) in [4.78, 5) is 35.2. The van der Waals surface area contributed by atoms with Crippen molar-refractivity contribution in [3.05, 3.63) is 0 Å². The third kappa shape index (κ3) is 3.05. The first-order valence-electron chi connectivity index (χ1n) is 5.45. The van der Waals surface area contributed by atoms with Crippen LogP contribution in [0.15, 0.2) is 0 Å². The van der Waals surface area contributed by atoms with Crippen LogP contribution in [-0.4, -0.2) is 40.3 Å². The fraction of sp³-hybridized carbons (Fsp3) is 0.727. The molecule has 0 bridgehead atoms. The van der Waals surface area contributed by atoms with Crippen LogP contribution in [0.25, 0.3) is 0 Å². The number of hydrogen-bond acceptors (Lipinski definition) is 3. The van der Waals surface area contributed by atoms with Gasteiger partial charge in [-0.3, -0.25) is 9.59 Å². The molecule has 1 saturated heterocycles. The SMILES string of the molecule is CC(C)CC(=O)N1CC(=O)CCC1C(=O)O. The molecule has 90 valence electrons. The molecule has 1 unspecified atom stereocenters. The van der Waals surface area contributed by atoms with Crippen LogP contribution in [0.4, 0.5) is 0 Å². The van der Waals surface area contributed by atoms with Gasteiger partial charge < -0.3 is 10.0 Å². The van der Waals surface area contributed by atoms with Crippen LogP contribution >= 0.6 is 0 Å². The molecule has 1 heterocycles. The lowest BCUT2D eigenvalue weighted by Gasteiger charge is -2.32. The Bertz CT molecular complexity index is 311. The Balaban J connectivity index is 2.74. The molecule has 1 N–H and O–H groups in total. The topological polar surface area (TPSA) is 74.7 Å². The average molecular weight is 227 g/mol. The van der Waals surface area contributed by atoms with Crippen molar-refractivity contribution < 1.29 is 19.5 Å². The predicted octanol–water partition coefficient (Wildman–Crippen LogP) is 0.677. The normalized spacial score (nSPS) is 21.3. The minimum absolute atomic E-state index is 0.0531. The van der Waals surface area contributed by atoms with Crippen LogP contribution in [0.3, 0.4) is 0 Å². The van der Waals surface area contributed by atoms with Gasteiger partial charge in [-0.1, -0.05) is 13.8 Å². The van der Waals surface area contributed by atoms with Crippen molar-refractivity contribution in [3.63, 3.8) is 0 Å². The van der Waals surface area contributed by atoms with Crippen LogP contribution < -0.4 is 0 Å². The number of nitrogens with zero attached hydrogens (tertiary/aromatic N) is 1. The van der Waals surface area contributed by atoms with Gasteiger partial charge in [0.15, 0.2) is 5.78 Å². The van der Waals surface area contributed by atoms with Gasteiger partial charge in [0.25, 0.3) is 0 Å². The number of rotatable bonds is 3. The quantitative estimate of drug-likeness (QED) is 0.769. The van der Waals surface area contributed by atoms with Crippen molar-refractivity contribution in [3.8, 4) is 0 Å². The van der Waals surface area contributed by atoms with E-state index in [1.54, 1.807) is 0 Å². The first-order chi connectivity index (χ1) is 7.41. The Morgan fingerprint density at radius 2 is 2.12 bits per heavy atom. The Morgan fingerprint density at radius 3 is 2.62 bits per heavy atom. The van der Waals surface area contributed by atoms with Gasteiger partial charge in [-0.2, -0.15) is 0 Å². The third-order valence-electron chi connectivity index (χ3n) is 2.61. The number of carbonyl (C=O) groups is 3. The molecule has 0 saturated carbocycles. The maximum Gasteiger partial charge on any atom is 0.326 e. The summed E-state index contributed by atoms with van der Waals surface area (Å²) < 4.78 is 0. The van der Waals surface area contributed by atoms with E-state index >= 15 is 0 Å². The summed E-state index contributed by atoms with van der Waals surface area (Å²) in [5, 5.41) is 8.97. The summed E-state index contributed by atoms with van der Waals surface area (Å²) >= 11 is 0. The number of piperidine rings is 1. The lowest BCUT2D eigenvalue weighted by Crippen LogP contribution is -2.51. The number of likely N-dealkylation sites (tertiary alicyclic amines) is 1. The van der Waals surface area contributed by atoms with Crippen molar-refractivity contribution in [1.82, 2.24) is 4.90 Å². The second-order valence-corrected chi connectivity index (χ2v) is 4.55. The van der Waals surface area contributed by atoms with Gasteiger partial charge in [-0.15, -0.1) is 0 Å². The maximum absolute atomic E-state index is 11.8. The molecular weight excluding hydrogens is 210 g/mol. The molecule has 16 heavy (non-hydrogen) atoms. The number of carboxylic acid groups (broad SMARTS) is 1. The second kappa shape index (κ2) is 5.09. The monoisotopic (exact) mass is 227 g/mol. The van der Waals surface area contributed by atoms with Gasteiger partial charge in [-0.25, -0.2) is 4.79 Å². The highest BCUT2D eigenvalue weighted by Gasteiger charge is 2.34. The van der Waals surface area contributed by atoms with E-state index in [2.05, 4.69) is 0 Å². The van der Waals surface area contributed by atoms with Crippen LogP contribution in [0.1, 0.15) is 33.1 Å². The van der Waals surface area contributed by atoms with E-state index in [4.69, 9.17) is 5.11 Å². The highest BCUT2D eigenvalue weighted by molar-refractivity contribution is 5.91. The van der Waals surface area contributed by atoms with E-state index in [9.17, 15) is 14.4 Å². The van der Waals surface area contributed by atoms with Crippen LogP contribution in [-0.2, 0) is 14.4 Å². The summed E-state index contributed by atoms with van der Waals surface area (Å²) in [6.07, 6.45) is 0.775. The van der Waals surface area contributed by atoms with Crippen molar-refractivity contribution >= 4 is 17.7 Å². The van der Waals surface area contributed by atoms with Gasteiger partial charge in [0.05, 0.1) is 6.54 Å². The summed E-state index contributed by atoms with van der Waals surface area (Å²) in [7, 11) is 0. The number of hydrogen-bond donors (Lipinski definition) is 1. The van der Waals surface area contributed by atoms with Crippen molar-refractivity contribution in [2.24, 2.45) is 5.92 Å². The molecule has 5 heteroatoms. The fourth-order valence-corrected chi connectivity index (χ4v) is 1.82. The molecule has 0 aromatic rings. The zero-order valence-corrected chi connectivity index (χ0v) is 9.60. The van der Waals surface area contributed by atoms with E-state index < -0.39 is 12.0 Å². The van der Waals surface area contributed by atoms with Crippen LogP contribution in [0, 0.1) is 5.92 Å². The van der Waals surface area contributed by atoms with E-state index in [0.29, 0.717) is 0 Å². The molecule has 1 fully saturated rings. The molecule has 0 radical (unpaired) electrons. The highest BCUT2D eigenvalue weighted by Crippen LogP contribution is 2.17. The fourth-order valence-electron chi connectivity index (χ4n) is 1.82. The van der Waals surface area contributed by atoms with Gasteiger partial charge in [0.1, 0.15) is 6.04 Å². The zero-order chi connectivity index (χ0) is 12.3. The number of carboxylic acids is 1. The van der Waals surface area contributed by atoms with E-state index in [-0.39, 0.29) is 43.4 Å².